The smallest absolute Gasteiger partial charge is 0.144 e. The molecule has 0 radical (unpaired) electrons. The number of nitrogens with one attached hydrogen (secondary N) is 2. The van der Waals surface area contributed by atoms with Gasteiger partial charge in [0.1, 0.15) is 12.1 Å². The number of aldehydes is 1. The number of carbonyl (C=O) groups is 1. The standard InChI is InChI=1S/C23H30N4O.2C2H6.C2H2/c1-6-22(24)13-11-18(3)25-16-23(14-15-28)27-20(5)26-19(4)21-9-7-8-17(2)10-12-21;3*1-2/h6-11,13-15,25H,3-4,12,16,24H2,1-2,5H3,(H,26,27);2*1-2H3;1-2H/b13-11-,22-6+,23-14-;;;. The van der Waals surface area contributed by atoms with Crippen LogP contribution < -0.4 is 16.4 Å². The molecule has 0 aliphatic heterocycles. The first kappa shape index (κ1) is 34.8. The van der Waals surface area contributed by atoms with Gasteiger partial charge in [0, 0.05) is 17.1 Å². The summed E-state index contributed by atoms with van der Waals surface area (Å²) in [5, 5.41) is 6.26. The molecule has 186 valence electrons. The fourth-order valence-electron chi connectivity index (χ4n) is 2.26. The molecule has 4 N–H and O–H groups in total. The van der Waals surface area contributed by atoms with E-state index >= 15 is 0 Å². The van der Waals surface area contributed by atoms with Crippen molar-refractivity contribution in [2.24, 2.45) is 10.7 Å². The summed E-state index contributed by atoms with van der Waals surface area (Å²) in [6.07, 6.45) is 24.5. The SMILES string of the molecule is C#C.C=C(/C=C\C(N)=C/C)NC/C(=C/C=O)NC(C)=NC(=C)C1=CC=CC(C)=CC1.CC.CC. The number of amidine groups is 1. The topological polar surface area (TPSA) is 79.5 Å². The van der Waals surface area contributed by atoms with E-state index in [9.17, 15) is 4.79 Å². The van der Waals surface area contributed by atoms with E-state index in [1.54, 1.807) is 18.2 Å². The van der Waals surface area contributed by atoms with Crippen molar-refractivity contribution in [1.82, 2.24) is 10.6 Å². The monoisotopic (exact) mass is 464 g/mol. The van der Waals surface area contributed by atoms with E-state index in [4.69, 9.17) is 5.73 Å². The van der Waals surface area contributed by atoms with Gasteiger partial charge in [0.2, 0.25) is 0 Å². The lowest BCUT2D eigenvalue weighted by Gasteiger charge is -2.13. The summed E-state index contributed by atoms with van der Waals surface area (Å²) in [7, 11) is 0. The average molecular weight is 465 g/mol. The highest BCUT2D eigenvalue weighted by molar-refractivity contribution is 5.83. The second kappa shape index (κ2) is 23.9. The third-order valence-corrected chi connectivity index (χ3v) is 3.90. The van der Waals surface area contributed by atoms with Crippen molar-refractivity contribution in [3.8, 4) is 12.8 Å². The summed E-state index contributed by atoms with van der Waals surface area (Å²) in [5.41, 5.74) is 10.7. The van der Waals surface area contributed by atoms with Crippen molar-refractivity contribution in [3.63, 3.8) is 0 Å². The summed E-state index contributed by atoms with van der Waals surface area (Å²) in [5.74, 6) is 0.647. The van der Waals surface area contributed by atoms with Crippen LogP contribution in [0.5, 0.6) is 0 Å². The molecule has 0 bridgehead atoms. The Kier molecular flexibility index (Phi) is 24.5. The van der Waals surface area contributed by atoms with Gasteiger partial charge in [-0.25, -0.2) is 4.99 Å². The third-order valence-electron chi connectivity index (χ3n) is 3.90. The van der Waals surface area contributed by atoms with Gasteiger partial charge < -0.3 is 16.4 Å². The first-order chi connectivity index (χ1) is 16.3. The van der Waals surface area contributed by atoms with Crippen LogP contribution in [-0.4, -0.2) is 18.7 Å². The van der Waals surface area contributed by atoms with E-state index in [-0.39, 0.29) is 0 Å². The zero-order valence-corrected chi connectivity index (χ0v) is 22.1. The molecule has 0 atom stereocenters. The minimum Gasteiger partial charge on any atom is -0.399 e. The highest BCUT2D eigenvalue weighted by Crippen LogP contribution is 2.19. The van der Waals surface area contributed by atoms with Crippen molar-refractivity contribution >= 4 is 12.1 Å². The number of nitrogens with zero attached hydrogens (tertiary/aromatic N) is 1. The molecule has 1 aliphatic carbocycles. The van der Waals surface area contributed by atoms with Crippen LogP contribution in [0.15, 0.2) is 101 Å². The Morgan fingerprint density at radius 2 is 1.82 bits per heavy atom. The Bertz CT molecular complexity index is 857. The summed E-state index contributed by atoms with van der Waals surface area (Å²) < 4.78 is 0. The largest absolute Gasteiger partial charge is 0.399 e. The maximum absolute atomic E-state index is 10.9. The van der Waals surface area contributed by atoms with Gasteiger partial charge in [-0.3, -0.25) is 4.79 Å². The third kappa shape index (κ3) is 17.9. The molecule has 0 spiro atoms. The van der Waals surface area contributed by atoms with Crippen molar-refractivity contribution in [1.29, 1.82) is 0 Å². The molecule has 0 fully saturated rings. The number of allylic oxidation sites excluding steroid dienone is 10. The first-order valence-corrected chi connectivity index (χ1v) is 11.4. The van der Waals surface area contributed by atoms with Gasteiger partial charge in [-0.15, -0.1) is 12.8 Å². The number of terminal acetylenes is 1. The first-order valence-electron chi connectivity index (χ1n) is 11.4. The van der Waals surface area contributed by atoms with Gasteiger partial charge in [-0.2, -0.15) is 0 Å². The molecule has 0 aromatic heterocycles. The number of hydrogen-bond donors (Lipinski definition) is 3. The lowest BCUT2D eigenvalue weighted by atomic mass is 10.1. The zero-order valence-electron chi connectivity index (χ0n) is 22.1. The predicted octanol–water partition coefficient (Wildman–Crippen LogP) is 6.25. The number of aliphatic imine (C=N–C) groups is 1. The molecule has 0 aromatic carbocycles. The molecular formula is C29H44N4O. The van der Waals surface area contributed by atoms with Crippen LogP contribution in [-0.2, 0) is 4.79 Å². The molecule has 0 heterocycles. The predicted molar refractivity (Wildman–Crippen MR) is 152 cm³/mol. The van der Waals surface area contributed by atoms with Crippen molar-refractivity contribution in [3.05, 3.63) is 95.7 Å². The lowest BCUT2D eigenvalue weighted by molar-refractivity contribution is -0.104. The molecule has 1 rings (SSSR count). The number of hydrogen-bond acceptors (Lipinski definition) is 4. The molecule has 5 nitrogen and oxygen atoms in total. The van der Waals surface area contributed by atoms with Crippen LogP contribution in [0.3, 0.4) is 0 Å². The molecule has 1 aliphatic rings. The van der Waals surface area contributed by atoms with Gasteiger partial charge in [0.25, 0.3) is 0 Å². The maximum Gasteiger partial charge on any atom is 0.144 e. The summed E-state index contributed by atoms with van der Waals surface area (Å²) in [6.45, 7) is 22.1. The van der Waals surface area contributed by atoms with Gasteiger partial charge in [0.15, 0.2) is 0 Å². The van der Waals surface area contributed by atoms with Crippen LogP contribution in [0.2, 0.25) is 0 Å². The van der Waals surface area contributed by atoms with E-state index in [2.05, 4.69) is 60.7 Å². The molecule has 0 saturated carbocycles. The maximum atomic E-state index is 10.9. The molecule has 0 saturated heterocycles. The molecule has 0 aromatic rings. The van der Waals surface area contributed by atoms with Gasteiger partial charge >= 0.3 is 0 Å². The van der Waals surface area contributed by atoms with E-state index in [0.29, 0.717) is 35.2 Å². The highest BCUT2D eigenvalue weighted by atomic mass is 16.1. The van der Waals surface area contributed by atoms with E-state index in [1.165, 1.54) is 11.6 Å². The summed E-state index contributed by atoms with van der Waals surface area (Å²) in [6, 6.07) is 0. The van der Waals surface area contributed by atoms with Crippen molar-refractivity contribution in [2.75, 3.05) is 6.54 Å². The van der Waals surface area contributed by atoms with Crippen LogP contribution in [0, 0.1) is 12.8 Å². The molecule has 5 heteroatoms. The van der Waals surface area contributed by atoms with E-state index < -0.39 is 0 Å². The number of rotatable bonds is 9. The van der Waals surface area contributed by atoms with Crippen LogP contribution in [0.25, 0.3) is 0 Å². The lowest BCUT2D eigenvalue weighted by Crippen LogP contribution is -2.28. The second-order valence-electron chi connectivity index (χ2n) is 6.30. The molecule has 0 unspecified atom stereocenters. The van der Waals surface area contributed by atoms with Gasteiger partial charge in [0.05, 0.1) is 12.2 Å². The molecular weight excluding hydrogens is 420 g/mol. The molecule has 0 amide bonds. The Morgan fingerprint density at radius 1 is 1.21 bits per heavy atom. The van der Waals surface area contributed by atoms with Crippen LogP contribution in [0.4, 0.5) is 0 Å². The number of carbonyl (C=O) groups excluding carboxylic acids is 1. The Labute approximate surface area is 208 Å². The Balaban J connectivity index is -0.00000148. The van der Waals surface area contributed by atoms with Crippen molar-refractivity contribution in [2.45, 2.75) is 54.9 Å². The fourth-order valence-corrected chi connectivity index (χ4v) is 2.26. The number of nitrogens with two attached hydrogens (primary N) is 1. The molecule has 34 heavy (non-hydrogen) atoms. The van der Waals surface area contributed by atoms with Crippen LogP contribution in [0.1, 0.15) is 54.9 Å². The summed E-state index contributed by atoms with van der Waals surface area (Å²) >= 11 is 0. The quantitative estimate of drug-likeness (QED) is 0.0941. The minimum absolute atomic E-state index is 0.393. The highest BCUT2D eigenvalue weighted by Gasteiger charge is 2.04. The Morgan fingerprint density at radius 3 is 2.38 bits per heavy atom. The fraction of sp³-hybridized carbons (Fsp3) is 0.310. The normalized spacial score (nSPS) is 13.3. The second-order valence-corrected chi connectivity index (χ2v) is 6.30. The zero-order chi connectivity index (χ0) is 26.9. The van der Waals surface area contributed by atoms with Gasteiger partial charge in [-0.1, -0.05) is 76.8 Å². The average Bonchev–Trinajstić information content (AvgIpc) is 3.09. The van der Waals surface area contributed by atoms with Gasteiger partial charge in [-0.05, 0) is 51.0 Å². The van der Waals surface area contributed by atoms with Crippen molar-refractivity contribution < 1.29 is 4.79 Å². The Hall–Kier alpha value is -3.78. The summed E-state index contributed by atoms with van der Waals surface area (Å²) in [4.78, 5) is 15.5. The minimum atomic E-state index is 0.393. The van der Waals surface area contributed by atoms with E-state index in [0.717, 1.165) is 18.3 Å². The van der Waals surface area contributed by atoms with Crippen LogP contribution >= 0.6 is 0 Å². The van der Waals surface area contributed by atoms with E-state index in [1.807, 2.05) is 53.7 Å².